The lowest BCUT2D eigenvalue weighted by Gasteiger charge is -2.19. The maximum absolute atomic E-state index is 13.6. The monoisotopic (exact) mass is 448 g/mol. The van der Waals surface area contributed by atoms with E-state index >= 15 is 0 Å². The van der Waals surface area contributed by atoms with Crippen LogP contribution in [0.2, 0.25) is 5.02 Å². The van der Waals surface area contributed by atoms with Crippen molar-refractivity contribution in [3.05, 3.63) is 63.6 Å². The summed E-state index contributed by atoms with van der Waals surface area (Å²) in [5.74, 6) is -2.02. The first-order chi connectivity index (χ1) is 14.4. The van der Waals surface area contributed by atoms with Gasteiger partial charge in [0.15, 0.2) is 0 Å². The third kappa shape index (κ3) is 4.39. The molecule has 1 aliphatic rings. The molecule has 1 fully saturated rings. The average molecular weight is 449 g/mol. The van der Waals surface area contributed by atoms with Crippen LogP contribution in [-0.2, 0) is 21.5 Å². The molecular weight excluding hydrogens is 431 g/mol. The Bertz CT molecular complexity index is 1080. The number of carbonyl (C=O) groups is 2. The van der Waals surface area contributed by atoms with Crippen molar-refractivity contribution < 1.29 is 23.5 Å². The van der Waals surface area contributed by atoms with Crippen LogP contribution < -0.4 is 5.32 Å². The highest BCUT2D eigenvalue weighted by Gasteiger charge is 2.49. The van der Waals surface area contributed by atoms with E-state index in [2.05, 4.69) is 10.3 Å². The summed E-state index contributed by atoms with van der Waals surface area (Å²) in [6.45, 7) is 0. The number of nitrogens with zero attached hydrogens (tertiary/aromatic N) is 1. The number of carbonyl (C=O) groups excluding carboxylic acids is 1. The molecule has 1 atom stereocenters. The highest BCUT2D eigenvalue weighted by atomic mass is 35.5. The molecular formula is C21H18ClFN2O4S. The van der Waals surface area contributed by atoms with Gasteiger partial charge < -0.3 is 14.8 Å². The molecule has 2 aromatic heterocycles. The molecule has 0 unspecified atom stereocenters. The molecule has 1 saturated carbocycles. The van der Waals surface area contributed by atoms with Gasteiger partial charge >= 0.3 is 5.97 Å². The van der Waals surface area contributed by atoms with Gasteiger partial charge in [-0.25, -0.2) is 9.37 Å². The molecule has 3 aromatic rings. The minimum atomic E-state index is -1.05. The van der Waals surface area contributed by atoms with E-state index in [1.54, 1.807) is 17.5 Å². The summed E-state index contributed by atoms with van der Waals surface area (Å²) in [5.41, 5.74) is 0.403. The van der Waals surface area contributed by atoms with Gasteiger partial charge in [-0.15, -0.1) is 11.3 Å². The number of carboxylic acid groups (broad SMARTS) is 1. The molecule has 0 spiro atoms. The Morgan fingerprint density at radius 3 is 2.83 bits per heavy atom. The van der Waals surface area contributed by atoms with Crippen LogP contribution in [0.3, 0.4) is 0 Å². The minimum Gasteiger partial charge on any atom is -0.481 e. The average Bonchev–Trinajstić information content (AvgIpc) is 3.10. The number of aliphatic carboxylic acids is 1. The summed E-state index contributed by atoms with van der Waals surface area (Å²) in [7, 11) is 0. The second-order valence-electron chi connectivity index (χ2n) is 7.31. The predicted octanol–water partition coefficient (Wildman–Crippen LogP) is 4.63. The molecule has 0 bridgehead atoms. The highest BCUT2D eigenvalue weighted by Crippen LogP contribution is 2.48. The Labute approximate surface area is 180 Å². The zero-order valence-corrected chi connectivity index (χ0v) is 17.3. The first kappa shape index (κ1) is 20.6. The van der Waals surface area contributed by atoms with Gasteiger partial charge in [-0.05, 0) is 43.2 Å². The summed E-state index contributed by atoms with van der Waals surface area (Å²) >= 11 is 7.54. The Morgan fingerprint density at radius 1 is 1.37 bits per heavy atom. The van der Waals surface area contributed by atoms with Crippen LogP contribution in [0.5, 0.6) is 0 Å². The third-order valence-electron chi connectivity index (χ3n) is 5.05. The number of aromatic nitrogens is 1. The number of halogens is 2. The van der Waals surface area contributed by atoms with E-state index in [1.807, 2.05) is 0 Å². The van der Waals surface area contributed by atoms with Crippen LogP contribution in [0.1, 0.15) is 30.0 Å². The van der Waals surface area contributed by atoms with Gasteiger partial charge in [0.2, 0.25) is 5.91 Å². The van der Waals surface area contributed by atoms with Gasteiger partial charge in [-0.1, -0.05) is 11.6 Å². The van der Waals surface area contributed by atoms with Crippen molar-refractivity contribution in [2.45, 2.75) is 31.2 Å². The number of hydrogen-bond acceptors (Lipinski definition) is 5. The Morgan fingerprint density at radius 2 is 2.17 bits per heavy atom. The van der Waals surface area contributed by atoms with E-state index in [0.29, 0.717) is 39.9 Å². The molecule has 1 aromatic carbocycles. The van der Waals surface area contributed by atoms with Gasteiger partial charge in [-0.3, -0.25) is 9.59 Å². The van der Waals surface area contributed by atoms with Crippen LogP contribution in [0.25, 0.3) is 11.3 Å². The standard InChI is InChI=1S/C21H18ClFN2O4S/c22-16-4-3-13(23)10-15(16)17-11-30-20(24-17)21(5-6-21)25-19(28)12(9-18(26)27)8-14-2-1-7-29-14/h1-4,7,10-12H,5-6,8-9H2,(H,25,28)(H,26,27)/t12-/m1/s1. The number of furan rings is 1. The number of thiazole rings is 1. The zero-order valence-electron chi connectivity index (χ0n) is 15.7. The Kier molecular flexibility index (Phi) is 5.62. The largest absolute Gasteiger partial charge is 0.481 e. The molecule has 6 nitrogen and oxygen atoms in total. The second-order valence-corrected chi connectivity index (χ2v) is 8.58. The summed E-state index contributed by atoms with van der Waals surface area (Å²) in [5, 5.41) is 15.1. The van der Waals surface area contributed by atoms with Crippen molar-refractivity contribution in [3.8, 4) is 11.3 Å². The quantitative estimate of drug-likeness (QED) is 0.524. The van der Waals surface area contributed by atoms with Gasteiger partial charge in [-0.2, -0.15) is 0 Å². The maximum atomic E-state index is 13.6. The molecule has 1 amide bonds. The molecule has 30 heavy (non-hydrogen) atoms. The van der Waals surface area contributed by atoms with Crippen LogP contribution in [0, 0.1) is 11.7 Å². The van der Waals surface area contributed by atoms with E-state index < -0.39 is 23.2 Å². The van der Waals surface area contributed by atoms with Crippen LogP contribution in [-0.4, -0.2) is 22.0 Å². The van der Waals surface area contributed by atoms with Gasteiger partial charge in [0.05, 0.1) is 34.9 Å². The normalized spacial score (nSPS) is 15.5. The van der Waals surface area contributed by atoms with Gasteiger partial charge in [0.25, 0.3) is 0 Å². The smallest absolute Gasteiger partial charge is 0.304 e. The van der Waals surface area contributed by atoms with Crippen molar-refractivity contribution in [3.63, 3.8) is 0 Å². The Balaban J connectivity index is 1.52. The molecule has 156 valence electrons. The van der Waals surface area contributed by atoms with E-state index in [0.717, 1.165) is 0 Å². The first-order valence-electron chi connectivity index (χ1n) is 9.34. The molecule has 0 saturated heterocycles. The second kappa shape index (κ2) is 8.20. The molecule has 1 aliphatic carbocycles. The molecule has 4 rings (SSSR count). The molecule has 0 aliphatic heterocycles. The van der Waals surface area contributed by atoms with Crippen molar-refractivity contribution >= 4 is 34.8 Å². The SMILES string of the molecule is O=C(O)C[C@@H](Cc1ccco1)C(=O)NC1(c2nc(-c3cc(F)ccc3Cl)cs2)CC1. The van der Waals surface area contributed by atoms with Crippen LogP contribution in [0.4, 0.5) is 4.39 Å². The fraction of sp³-hybridized carbons (Fsp3) is 0.286. The summed E-state index contributed by atoms with van der Waals surface area (Å²) in [4.78, 5) is 28.7. The lowest BCUT2D eigenvalue weighted by Crippen LogP contribution is -2.40. The number of hydrogen-bond donors (Lipinski definition) is 2. The Hall–Kier alpha value is -2.71. The molecule has 2 heterocycles. The van der Waals surface area contributed by atoms with Crippen molar-refractivity contribution in [1.29, 1.82) is 0 Å². The number of nitrogens with one attached hydrogen (secondary N) is 1. The van der Waals surface area contributed by atoms with Gasteiger partial charge in [0.1, 0.15) is 16.6 Å². The highest BCUT2D eigenvalue weighted by molar-refractivity contribution is 7.10. The topological polar surface area (TPSA) is 92.4 Å². The molecule has 9 heteroatoms. The third-order valence-corrected chi connectivity index (χ3v) is 6.43. The van der Waals surface area contributed by atoms with Crippen molar-refractivity contribution in [2.75, 3.05) is 0 Å². The molecule has 0 radical (unpaired) electrons. The number of benzene rings is 1. The van der Waals surface area contributed by atoms with E-state index in [-0.39, 0.29) is 18.7 Å². The van der Waals surface area contributed by atoms with E-state index in [9.17, 15) is 19.1 Å². The summed E-state index contributed by atoms with van der Waals surface area (Å²) in [6, 6.07) is 7.49. The fourth-order valence-corrected chi connectivity index (χ4v) is 4.56. The van der Waals surface area contributed by atoms with Crippen molar-refractivity contribution in [1.82, 2.24) is 10.3 Å². The minimum absolute atomic E-state index is 0.198. The van der Waals surface area contributed by atoms with E-state index in [1.165, 1.54) is 35.8 Å². The number of rotatable bonds is 8. The summed E-state index contributed by atoms with van der Waals surface area (Å²) in [6.07, 6.45) is 2.78. The number of carboxylic acids is 1. The molecule has 2 N–H and O–H groups in total. The summed E-state index contributed by atoms with van der Waals surface area (Å²) < 4.78 is 18.9. The number of amides is 1. The van der Waals surface area contributed by atoms with Crippen molar-refractivity contribution in [2.24, 2.45) is 5.92 Å². The lowest BCUT2D eigenvalue weighted by molar-refractivity contribution is -0.141. The van der Waals surface area contributed by atoms with Gasteiger partial charge in [0, 0.05) is 17.4 Å². The fourth-order valence-electron chi connectivity index (χ4n) is 3.31. The van der Waals surface area contributed by atoms with E-state index in [4.69, 9.17) is 16.0 Å². The van der Waals surface area contributed by atoms with Crippen LogP contribution in [0.15, 0.2) is 46.4 Å². The first-order valence-corrected chi connectivity index (χ1v) is 10.6. The van der Waals surface area contributed by atoms with Crippen LogP contribution >= 0.6 is 22.9 Å². The predicted molar refractivity (Wildman–Crippen MR) is 110 cm³/mol. The maximum Gasteiger partial charge on any atom is 0.304 e. The lowest BCUT2D eigenvalue weighted by atomic mass is 9.98. The zero-order chi connectivity index (χ0) is 21.3.